The van der Waals surface area contributed by atoms with Crippen LogP contribution in [0.4, 0.5) is 0 Å². The fraction of sp³-hybridized carbons (Fsp3) is 0.455. The number of hydrogen-bond donors (Lipinski definition) is 1. The molecule has 1 N–H and O–H groups in total. The molecule has 19 heavy (non-hydrogen) atoms. The van der Waals surface area contributed by atoms with Crippen molar-refractivity contribution >= 4 is 27.5 Å². The summed E-state index contributed by atoms with van der Waals surface area (Å²) < 4.78 is 23.4. The number of pyridine rings is 1. The first-order chi connectivity index (χ1) is 8.91. The second-order valence-corrected chi connectivity index (χ2v) is 7.63. The second-order valence-electron chi connectivity index (χ2n) is 4.28. The summed E-state index contributed by atoms with van der Waals surface area (Å²) >= 11 is 1.49. The van der Waals surface area contributed by atoms with E-state index in [0.29, 0.717) is 18.1 Å². The number of aromatic amines is 1. The third-order valence-electron chi connectivity index (χ3n) is 2.89. The highest BCUT2D eigenvalue weighted by atomic mass is 32.2. The molecule has 0 saturated carbocycles. The van der Waals surface area contributed by atoms with Gasteiger partial charge in [-0.2, -0.15) is 11.8 Å². The highest BCUT2D eigenvalue weighted by Crippen LogP contribution is 2.21. The number of rotatable bonds is 2. The number of amides is 1. The van der Waals surface area contributed by atoms with E-state index in [1.165, 1.54) is 35.1 Å². The summed E-state index contributed by atoms with van der Waals surface area (Å²) in [5.41, 5.74) is -0.433. The van der Waals surface area contributed by atoms with Gasteiger partial charge in [0.2, 0.25) is 0 Å². The first-order valence-corrected chi connectivity index (χ1v) is 8.77. The molecule has 6 nitrogen and oxygen atoms in total. The Morgan fingerprint density at radius 3 is 2.89 bits per heavy atom. The average molecular weight is 302 g/mol. The van der Waals surface area contributed by atoms with E-state index in [1.807, 2.05) is 0 Å². The van der Waals surface area contributed by atoms with Gasteiger partial charge in [-0.25, -0.2) is 8.42 Å². The third kappa shape index (κ3) is 3.01. The van der Waals surface area contributed by atoms with Gasteiger partial charge in [0.1, 0.15) is 10.9 Å². The molecule has 1 atom stereocenters. The topological polar surface area (TPSA) is 87.3 Å². The summed E-state index contributed by atoms with van der Waals surface area (Å²) in [5, 5.41) is -0.863. The quantitative estimate of drug-likeness (QED) is 0.826. The van der Waals surface area contributed by atoms with Crippen LogP contribution in [0.2, 0.25) is 0 Å². The summed E-state index contributed by atoms with van der Waals surface area (Å²) in [6.45, 7) is 0.329. The van der Waals surface area contributed by atoms with Crippen LogP contribution in [-0.4, -0.2) is 53.9 Å². The lowest BCUT2D eigenvalue weighted by atomic mass is 10.2. The molecule has 1 unspecified atom stereocenters. The monoisotopic (exact) mass is 302 g/mol. The van der Waals surface area contributed by atoms with Crippen LogP contribution in [0, 0.1) is 0 Å². The first-order valence-electron chi connectivity index (χ1n) is 5.66. The maximum Gasteiger partial charge on any atom is 0.260 e. The van der Waals surface area contributed by atoms with Crippen molar-refractivity contribution in [3.63, 3.8) is 0 Å². The number of carbonyl (C=O) groups excluding carboxylic acids is 1. The van der Waals surface area contributed by atoms with E-state index in [0.717, 1.165) is 6.26 Å². The Morgan fingerprint density at radius 2 is 2.26 bits per heavy atom. The average Bonchev–Trinajstić information content (AvgIpc) is 2.37. The minimum absolute atomic E-state index is 0.0250. The van der Waals surface area contributed by atoms with Gasteiger partial charge in [-0.1, -0.05) is 0 Å². The smallest absolute Gasteiger partial charge is 0.260 e. The minimum atomic E-state index is -3.37. The van der Waals surface area contributed by atoms with Crippen LogP contribution in [0.1, 0.15) is 10.4 Å². The molecule has 0 bridgehead atoms. The van der Waals surface area contributed by atoms with Gasteiger partial charge in [-0.15, -0.1) is 0 Å². The predicted octanol–water partition coefficient (Wildman–Crippen LogP) is -0.0654. The van der Waals surface area contributed by atoms with E-state index >= 15 is 0 Å². The Bertz CT molecular complexity index is 638. The molecule has 1 fully saturated rings. The zero-order valence-corrected chi connectivity index (χ0v) is 12.0. The SMILES string of the molecule is CS(=O)(=O)C1CSCCN1C(=O)c1c[nH]ccc1=O. The number of aromatic nitrogens is 1. The summed E-state index contributed by atoms with van der Waals surface area (Å²) in [6.07, 6.45) is 3.85. The highest BCUT2D eigenvalue weighted by Gasteiger charge is 2.35. The normalized spacial score (nSPS) is 20.3. The zero-order chi connectivity index (χ0) is 14.0. The minimum Gasteiger partial charge on any atom is -0.367 e. The lowest BCUT2D eigenvalue weighted by Gasteiger charge is -2.33. The number of carbonyl (C=O) groups is 1. The van der Waals surface area contributed by atoms with Gasteiger partial charge in [0.05, 0.1) is 0 Å². The molecule has 104 valence electrons. The molecule has 1 aliphatic heterocycles. The van der Waals surface area contributed by atoms with Gasteiger partial charge in [0.25, 0.3) is 5.91 Å². The van der Waals surface area contributed by atoms with Crippen molar-refractivity contribution in [2.24, 2.45) is 0 Å². The van der Waals surface area contributed by atoms with E-state index < -0.39 is 26.5 Å². The van der Waals surface area contributed by atoms with E-state index in [9.17, 15) is 18.0 Å². The van der Waals surface area contributed by atoms with Gasteiger partial charge in [0.15, 0.2) is 15.3 Å². The Morgan fingerprint density at radius 1 is 1.53 bits per heavy atom. The van der Waals surface area contributed by atoms with Gasteiger partial charge in [-0.3, -0.25) is 9.59 Å². The predicted molar refractivity (Wildman–Crippen MR) is 74.1 cm³/mol. The lowest BCUT2D eigenvalue weighted by Crippen LogP contribution is -2.50. The van der Waals surface area contributed by atoms with E-state index in [-0.39, 0.29) is 5.56 Å². The number of hydrogen-bond acceptors (Lipinski definition) is 5. The largest absolute Gasteiger partial charge is 0.367 e. The van der Waals surface area contributed by atoms with Crippen molar-refractivity contribution in [2.45, 2.75) is 5.37 Å². The van der Waals surface area contributed by atoms with Crippen molar-refractivity contribution in [3.8, 4) is 0 Å². The number of nitrogens with zero attached hydrogens (tertiary/aromatic N) is 1. The Kier molecular flexibility index (Phi) is 4.00. The summed E-state index contributed by atoms with van der Waals surface area (Å²) in [5.74, 6) is 0.482. The Balaban J connectivity index is 2.36. The van der Waals surface area contributed by atoms with Crippen molar-refractivity contribution < 1.29 is 13.2 Å². The number of sulfone groups is 1. The van der Waals surface area contributed by atoms with E-state index in [4.69, 9.17) is 0 Å². The molecule has 1 aromatic heterocycles. The van der Waals surface area contributed by atoms with Gasteiger partial charge >= 0.3 is 0 Å². The lowest BCUT2D eigenvalue weighted by molar-refractivity contribution is 0.0748. The maximum atomic E-state index is 12.3. The molecule has 0 radical (unpaired) electrons. The molecule has 0 spiro atoms. The van der Waals surface area contributed by atoms with Crippen molar-refractivity contribution in [1.82, 2.24) is 9.88 Å². The number of thioether (sulfide) groups is 1. The van der Waals surface area contributed by atoms with Crippen molar-refractivity contribution in [2.75, 3.05) is 24.3 Å². The molecule has 1 aromatic rings. The van der Waals surface area contributed by atoms with Gasteiger partial charge < -0.3 is 9.88 Å². The number of H-pyrrole nitrogens is 1. The van der Waals surface area contributed by atoms with E-state index in [1.54, 1.807) is 0 Å². The van der Waals surface area contributed by atoms with Gasteiger partial charge in [0, 0.05) is 42.8 Å². The summed E-state index contributed by atoms with van der Waals surface area (Å²) in [4.78, 5) is 27.9. The molecular formula is C11H14N2O4S2. The van der Waals surface area contributed by atoms with Gasteiger partial charge in [-0.05, 0) is 0 Å². The molecular weight excluding hydrogens is 288 g/mol. The molecule has 2 heterocycles. The molecule has 1 saturated heterocycles. The fourth-order valence-corrected chi connectivity index (χ4v) is 4.72. The third-order valence-corrected chi connectivity index (χ3v) is 5.54. The van der Waals surface area contributed by atoms with Crippen LogP contribution >= 0.6 is 11.8 Å². The summed E-state index contributed by atoms with van der Waals surface area (Å²) in [7, 11) is -3.37. The first kappa shape index (κ1) is 14.1. The fourth-order valence-electron chi connectivity index (χ4n) is 1.91. The molecule has 1 amide bonds. The van der Waals surface area contributed by atoms with Crippen LogP contribution in [-0.2, 0) is 9.84 Å². The van der Waals surface area contributed by atoms with Crippen LogP contribution in [0.3, 0.4) is 0 Å². The second kappa shape index (κ2) is 5.38. The zero-order valence-electron chi connectivity index (χ0n) is 10.3. The molecule has 8 heteroatoms. The number of nitrogens with one attached hydrogen (secondary N) is 1. The Labute approximate surface area is 115 Å². The van der Waals surface area contributed by atoms with Crippen LogP contribution in [0.15, 0.2) is 23.3 Å². The highest BCUT2D eigenvalue weighted by molar-refractivity contribution is 8.00. The molecule has 2 rings (SSSR count). The van der Waals surface area contributed by atoms with Crippen molar-refractivity contribution in [1.29, 1.82) is 0 Å². The van der Waals surface area contributed by atoms with Crippen molar-refractivity contribution in [3.05, 3.63) is 34.2 Å². The standard InChI is InChI=1S/C11H14N2O4S2/c1-19(16,17)10-7-18-5-4-13(10)11(15)8-6-12-3-2-9(8)14/h2-3,6,10H,4-5,7H2,1H3,(H,12,14). The van der Waals surface area contributed by atoms with Crippen LogP contribution < -0.4 is 5.43 Å². The van der Waals surface area contributed by atoms with E-state index in [2.05, 4.69) is 4.98 Å². The maximum absolute atomic E-state index is 12.3. The molecule has 0 aliphatic carbocycles. The molecule has 0 aromatic carbocycles. The van der Waals surface area contributed by atoms with Crippen LogP contribution in [0.5, 0.6) is 0 Å². The molecule has 1 aliphatic rings. The summed E-state index contributed by atoms with van der Waals surface area (Å²) in [6, 6.07) is 1.25. The Hall–Kier alpha value is -1.28. The van der Waals surface area contributed by atoms with Crippen LogP contribution in [0.25, 0.3) is 0 Å².